The van der Waals surface area contributed by atoms with Gasteiger partial charge in [-0.1, -0.05) is 0 Å². The highest BCUT2D eigenvalue weighted by Crippen LogP contribution is 2.31. The van der Waals surface area contributed by atoms with Crippen LogP contribution >= 0.6 is 23.7 Å². The van der Waals surface area contributed by atoms with E-state index in [1.54, 1.807) is 11.4 Å². The summed E-state index contributed by atoms with van der Waals surface area (Å²) in [6.45, 7) is 2.00. The maximum Gasteiger partial charge on any atom is 0.261 e. The largest absolute Gasteiger partial charge is 0.350 e. The SMILES string of the molecule is CC(=O)c1csc(C(=O)NCC(N)C2CC2)c1.Cl. The number of nitrogens with two attached hydrogens (primary N) is 1. The standard InChI is InChI=1S/C12H16N2O2S.ClH/c1-7(15)9-4-11(17-6-9)12(16)14-5-10(13)8-2-3-8;/h4,6,8,10H,2-3,5,13H2,1H3,(H,14,16);1H. The van der Waals surface area contributed by atoms with Gasteiger partial charge in [0, 0.05) is 23.5 Å². The number of carbonyl (C=O) groups excluding carboxylic acids is 2. The summed E-state index contributed by atoms with van der Waals surface area (Å²) in [5.41, 5.74) is 6.48. The zero-order chi connectivity index (χ0) is 12.4. The number of halogens is 1. The average molecular weight is 289 g/mol. The third-order valence-corrected chi connectivity index (χ3v) is 3.88. The van der Waals surface area contributed by atoms with Gasteiger partial charge >= 0.3 is 0 Å². The number of hydrogen-bond acceptors (Lipinski definition) is 4. The van der Waals surface area contributed by atoms with Crippen molar-refractivity contribution in [3.63, 3.8) is 0 Å². The molecule has 0 radical (unpaired) electrons. The fourth-order valence-corrected chi connectivity index (χ4v) is 2.49. The quantitative estimate of drug-likeness (QED) is 0.812. The zero-order valence-electron chi connectivity index (χ0n) is 10.1. The van der Waals surface area contributed by atoms with Crippen molar-refractivity contribution in [2.24, 2.45) is 11.7 Å². The van der Waals surface area contributed by atoms with Crippen molar-refractivity contribution in [3.05, 3.63) is 21.9 Å². The first kappa shape index (κ1) is 15.1. The van der Waals surface area contributed by atoms with Crippen LogP contribution in [0.2, 0.25) is 0 Å². The lowest BCUT2D eigenvalue weighted by Crippen LogP contribution is -2.38. The average Bonchev–Trinajstić information content (AvgIpc) is 3.02. The molecule has 1 aliphatic rings. The van der Waals surface area contributed by atoms with Gasteiger partial charge in [0.25, 0.3) is 5.91 Å². The van der Waals surface area contributed by atoms with Crippen molar-refractivity contribution < 1.29 is 9.59 Å². The Morgan fingerprint density at radius 1 is 1.56 bits per heavy atom. The van der Waals surface area contributed by atoms with Gasteiger partial charge in [-0.15, -0.1) is 23.7 Å². The molecule has 1 amide bonds. The van der Waals surface area contributed by atoms with Gasteiger partial charge in [-0.2, -0.15) is 0 Å². The van der Waals surface area contributed by atoms with Gasteiger partial charge in [0.2, 0.25) is 0 Å². The molecule has 0 aliphatic heterocycles. The van der Waals surface area contributed by atoms with Crippen molar-refractivity contribution in [2.45, 2.75) is 25.8 Å². The Bertz CT molecular complexity index is 443. The first-order valence-electron chi connectivity index (χ1n) is 5.71. The van der Waals surface area contributed by atoms with E-state index in [2.05, 4.69) is 5.32 Å². The lowest BCUT2D eigenvalue weighted by Gasteiger charge is -2.10. The second-order valence-corrected chi connectivity index (χ2v) is 5.38. The van der Waals surface area contributed by atoms with Gasteiger partial charge in [-0.05, 0) is 31.7 Å². The Kier molecular flexibility index (Phi) is 5.31. The van der Waals surface area contributed by atoms with Crippen LogP contribution in [-0.4, -0.2) is 24.3 Å². The molecule has 100 valence electrons. The minimum atomic E-state index is -0.140. The predicted molar refractivity (Wildman–Crippen MR) is 74.6 cm³/mol. The van der Waals surface area contributed by atoms with Crippen molar-refractivity contribution in [1.29, 1.82) is 0 Å². The fourth-order valence-electron chi connectivity index (χ4n) is 1.63. The molecule has 1 aromatic rings. The van der Waals surface area contributed by atoms with Crippen LogP contribution in [-0.2, 0) is 0 Å². The van der Waals surface area contributed by atoms with Gasteiger partial charge < -0.3 is 11.1 Å². The summed E-state index contributed by atoms with van der Waals surface area (Å²) in [5.74, 6) is 0.417. The van der Waals surface area contributed by atoms with Crippen LogP contribution in [0.3, 0.4) is 0 Å². The first-order valence-corrected chi connectivity index (χ1v) is 6.59. The van der Waals surface area contributed by atoms with E-state index in [4.69, 9.17) is 5.73 Å². The van der Waals surface area contributed by atoms with Crippen LogP contribution in [0.1, 0.15) is 39.8 Å². The highest BCUT2D eigenvalue weighted by Gasteiger charge is 2.28. The predicted octanol–water partition coefficient (Wildman–Crippen LogP) is 1.84. The molecule has 1 unspecified atom stereocenters. The van der Waals surface area contributed by atoms with E-state index in [0.717, 1.165) is 0 Å². The second kappa shape index (κ2) is 6.31. The van der Waals surface area contributed by atoms with Crippen LogP contribution in [0.15, 0.2) is 11.4 Å². The Labute approximate surface area is 116 Å². The molecule has 4 nitrogen and oxygen atoms in total. The monoisotopic (exact) mass is 288 g/mol. The number of carbonyl (C=O) groups is 2. The Morgan fingerprint density at radius 2 is 2.22 bits per heavy atom. The van der Waals surface area contributed by atoms with E-state index >= 15 is 0 Å². The lowest BCUT2D eigenvalue weighted by atomic mass is 10.2. The molecule has 1 aromatic heterocycles. The molecule has 0 bridgehead atoms. The minimum absolute atomic E-state index is 0. The van der Waals surface area contributed by atoms with Gasteiger partial charge in [-0.3, -0.25) is 9.59 Å². The van der Waals surface area contributed by atoms with E-state index in [1.807, 2.05) is 0 Å². The number of thiophene rings is 1. The lowest BCUT2D eigenvalue weighted by molar-refractivity contribution is 0.0954. The summed E-state index contributed by atoms with van der Waals surface area (Å²) in [6.07, 6.45) is 2.34. The molecule has 0 spiro atoms. The molecule has 0 aromatic carbocycles. The molecule has 1 atom stereocenters. The topological polar surface area (TPSA) is 72.2 Å². The molecular formula is C12H17ClN2O2S. The van der Waals surface area contributed by atoms with Gasteiger partial charge in [0.05, 0.1) is 4.88 Å². The summed E-state index contributed by atoms with van der Waals surface area (Å²) < 4.78 is 0. The van der Waals surface area contributed by atoms with E-state index in [1.165, 1.54) is 31.1 Å². The minimum Gasteiger partial charge on any atom is -0.350 e. The van der Waals surface area contributed by atoms with Crippen molar-refractivity contribution in [1.82, 2.24) is 5.32 Å². The van der Waals surface area contributed by atoms with Crippen LogP contribution in [0.5, 0.6) is 0 Å². The third-order valence-electron chi connectivity index (χ3n) is 2.96. The van der Waals surface area contributed by atoms with Crippen LogP contribution < -0.4 is 11.1 Å². The maximum absolute atomic E-state index is 11.8. The molecule has 2 rings (SSSR count). The number of ketones is 1. The summed E-state index contributed by atoms with van der Waals surface area (Å²) in [5, 5.41) is 4.51. The third kappa shape index (κ3) is 3.80. The van der Waals surface area contributed by atoms with Crippen LogP contribution in [0.25, 0.3) is 0 Å². The molecule has 1 fully saturated rings. The molecule has 6 heteroatoms. The zero-order valence-corrected chi connectivity index (χ0v) is 11.8. The maximum atomic E-state index is 11.8. The molecule has 3 N–H and O–H groups in total. The van der Waals surface area contributed by atoms with Gasteiger partial charge in [-0.25, -0.2) is 0 Å². The molecule has 1 aliphatic carbocycles. The molecule has 18 heavy (non-hydrogen) atoms. The van der Waals surface area contributed by atoms with Crippen molar-refractivity contribution in [2.75, 3.05) is 6.54 Å². The Morgan fingerprint density at radius 3 is 2.72 bits per heavy atom. The number of nitrogens with one attached hydrogen (secondary N) is 1. The number of hydrogen-bond donors (Lipinski definition) is 2. The smallest absolute Gasteiger partial charge is 0.261 e. The van der Waals surface area contributed by atoms with E-state index in [0.29, 0.717) is 22.9 Å². The Balaban J connectivity index is 0.00000162. The molecule has 1 heterocycles. The highest BCUT2D eigenvalue weighted by atomic mass is 35.5. The molecule has 1 saturated carbocycles. The second-order valence-electron chi connectivity index (χ2n) is 4.47. The highest BCUT2D eigenvalue weighted by molar-refractivity contribution is 7.12. The Hall–Kier alpha value is -0.910. The number of Topliss-reactive ketones (excluding diaryl/α,β-unsaturated/α-hetero) is 1. The van der Waals surface area contributed by atoms with E-state index in [-0.39, 0.29) is 30.1 Å². The van der Waals surface area contributed by atoms with E-state index in [9.17, 15) is 9.59 Å². The normalized spacial score (nSPS) is 15.7. The fraction of sp³-hybridized carbons (Fsp3) is 0.500. The van der Waals surface area contributed by atoms with Crippen LogP contribution in [0, 0.1) is 5.92 Å². The molecular weight excluding hydrogens is 272 g/mol. The first-order chi connectivity index (χ1) is 8.08. The van der Waals surface area contributed by atoms with Gasteiger partial charge in [0.15, 0.2) is 5.78 Å². The number of amides is 1. The van der Waals surface area contributed by atoms with Crippen molar-refractivity contribution in [3.8, 4) is 0 Å². The summed E-state index contributed by atoms with van der Waals surface area (Å²) >= 11 is 1.29. The summed E-state index contributed by atoms with van der Waals surface area (Å²) in [7, 11) is 0. The summed E-state index contributed by atoms with van der Waals surface area (Å²) in [4.78, 5) is 23.4. The van der Waals surface area contributed by atoms with Crippen LogP contribution in [0.4, 0.5) is 0 Å². The van der Waals surface area contributed by atoms with Crippen molar-refractivity contribution >= 4 is 35.4 Å². The number of rotatable bonds is 5. The van der Waals surface area contributed by atoms with E-state index < -0.39 is 0 Å². The molecule has 0 saturated heterocycles. The van der Waals surface area contributed by atoms with Gasteiger partial charge in [0.1, 0.15) is 0 Å². The summed E-state index contributed by atoms with van der Waals surface area (Å²) in [6, 6.07) is 1.69.